The van der Waals surface area contributed by atoms with Gasteiger partial charge in [-0.05, 0) is 57.5 Å². The Labute approximate surface area is 118 Å². The first-order valence-electron chi connectivity index (χ1n) is 8.04. The summed E-state index contributed by atoms with van der Waals surface area (Å²) < 4.78 is 0. The Morgan fingerprint density at radius 3 is 2.84 bits per heavy atom. The molecule has 3 heteroatoms. The minimum Gasteiger partial charge on any atom is -0.299 e. The van der Waals surface area contributed by atoms with E-state index in [-0.39, 0.29) is 5.54 Å². The fourth-order valence-corrected chi connectivity index (χ4v) is 3.95. The van der Waals surface area contributed by atoms with E-state index < -0.39 is 0 Å². The van der Waals surface area contributed by atoms with E-state index in [1.165, 1.54) is 25.8 Å². The van der Waals surface area contributed by atoms with Crippen molar-refractivity contribution in [2.45, 2.75) is 76.9 Å². The molecule has 0 spiro atoms. The molecule has 0 amide bonds. The minimum absolute atomic E-state index is 0.245. The summed E-state index contributed by atoms with van der Waals surface area (Å²) in [6.45, 7) is 9.05. The van der Waals surface area contributed by atoms with Gasteiger partial charge < -0.3 is 0 Å². The van der Waals surface area contributed by atoms with Crippen molar-refractivity contribution in [1.29, 1.82) is 5.26 Å². The van der Waals surface area contributed by atoms with Crippen LogP contribution in [-0.4, -0.2) is 35.6 Å². The number of likely N-dealkylation sites (tertiary alicyclic amines) is 1. The molecule has 1 N–H and O–H groups in total. The molecular formula is C16H29N3. The van der Waals surface area contributed by atoms with Gasteiger partial charge in [-0.2, -0.15) is 5.26 Å². The summed E-state index contributed by atoms with van der Waals surface area (Å²) in [6.07, 6.45) is 7.01. The summed E-state index contributed by atoms with van der Waals surface area (Å²) >= 11 is 0. The Bertz CT molecular complexity index is 333. The predicted molar refractivity (Wildman–Crippen MR) is 78.8 cm³/mol. The molecule has 1 aliphatic carbocycles. The largest absolute Gasteiger partial charge is 0.299 e. The maximum atomic E-state index is 9.55. The highest BCUT2D eigenvalue weighted by molar-refractivity contribution is 5.14. The fraction of sp³-hybridized carbons (Fsp3) is 0.938. The van der Waals surface area contributed by atoms with Gasteiger partial charge in [0.25, 0.3) is 0 Å². The average molecular weight is 263 g/mol. The lowest BCUT2D eigenvalue weighted by Gasteiger charge is -2.34. The molecule has 2 fully saturated rings. The van der Waals surface area contributed by atoms with Crippen molar-refractivity contribution in [3.05, 3.63) is 0 Å². The number of nitrogens with zero attached hydrogens (tertiary/aromatic N) is 2. The molecule has 0 radical (unpaired) electrons. The third-order valence-electron chi connectivity index (χ3n) is 5.00. The van der Waals surface area contributed by atoms with Gasteiger partial charge in [-0.15, -0.1) is 0 Å². The van der Waals surface area contributed by atoms with E-state index in [0.29, 0.717) is 6.04 Å². The van der Waals surface area contributed by atoms with Crippen molar-refractivity contribution in [2.24, 2.45) is 5.92 Å². The van der Waals surface area contributed by atoms with Gasteiger partial charge in [0.15, 0.2) is 0 Å². The zero-order valence-corrected chi connectivity index (χ0v) is 12.8. The van der Waals surface area contributed by atoms with Crippen LogP contribution in [0, 0.1) is 17.2 Å². The number of nitrogens with one attached hydrogen (secondary N) is 1. The average Bonchev–Trinajstić information content (AvgIpc) is 3.03. The molecular weight excluding hydrogens is 234 g/mol. The molecule has 3 atom stereocenters. The van der Waals surface area contributed by atoms with Crippen LogP contribution in [0.5, 0.6) is 0 Å². The van der Waals surface area contributed by atoms with Crippen molar-refractivity contribution >= 4 is 0 Å². The van der Waals surface area contributed by atoms with Gasteiger partial charge in [0.1, 0.15) is 5.54 Å². The van der Waals surface area contributed by atoms with Crippen molar-refractivity contribution in [3.8, 4) is 6.07 Å². The molecule has 1 aliphatic heterocycles. The van der Waals surface area contributed by atoms with E-state index in [2.05, 4.69) is 37.1 Å². The Morgan fingerprint density at radius 1 is 1.42 bits per heavy atom. The zero-order chi connectivity index (χ0) is 13.9. The van der Waals surface area contributed by atoms with Crippen LogP contribution >= 0.6 is 0 Å². The first-order chi connectivity index (χ1) is 9.12. The van der Waals surface area contributed by atoms with E-state index in [1.807, 2.05) is 0 Å². The maximum Gasteiger partial charge on any atom is 0.108 e. The van der Waals surface area contributed by atoms with Crippen molar-refractivity contribution in [3.63, 3.8) is 0 Å². The molecule has 2 rings (SSSR count). The Balaban J connectivity index is 1.99. The molecule has 2 aliphatic rings. The van der Waals surface area contributed by atoms with Gasteiger partial charge in [-0.25, -0.2) is 0 Å². The van der Waals surface area contributed by atoms with Crippen LogP contribution in [0.3, 0.4) is 0 Å². The standard InChI is InChI=1S/C16H29N3/c1-4-9-18-16(12-17)8-7-14(11-16)19-10-5-6-15(19)13(2)3/h13-15,18H,4-11H2,1-3H3. The van der Waals surface area contributed by atoms with Crippen LogP contribution in [0.15, 0.2) is 0 Å². The molecule has 3 unspecified atom stereocenters. The Kier molecular flexibility index (Phi) is 4.86. The van der Waals surface area contributed by atoms with E-state index in [0.717, 1.165) is 37.8 Å². The molecule has 1 saturated carbocycles. The van der Waals surface area contributed by atoms with E-state index in [9.17, 15) is 5.26 Å². The normalized spacial score (nSPS) is 35.9. The summed E-state index contributed by atoms with van der Waals surface area (Å²) in [7, 11) is 0. The van der Waals surface area contributed by atoms with Gasteiger partial charge in [0.2, 0.25) is 0 Å². The molecule has 3 nitrogen and oxygen atoms in total. The Hall–Kier alpha value is -0.590. The highest BCUT2D eigenvalue weighted by Gasteiger charge is 2.44. The van der Waals surface area contributed by atoms with Crippen LogP contribution in [0.1, 0.15) is 59.3 Å². The van der Waals surface area contributed by atoms with Gasteiger partial charge in [0, 0.05) is 12.1 Å². The molecule has 0 bridgehead atoms. The molecule has 0 aromatic rings. The van der Waals surface area contributed by atoms with Crippen LogP contribution in [0.4, 0.5) is 0 Å². The van der Waals surface area contributed by atoms with Gasteiger partial charge in [-0.3, -0.25) is 10.2 Å². The number of hydrogen-bond acceptors (Lipinski definition) is 3. The quantitative estimate of drug-likeness (QED) is 0.829. The Morgan fingerprint density at radius 2 is 2.21 bits per heavy atom. The molecule has 108 valence electrons. The van der Waals surface area contributed by atoms with Crippen molar-refractivity contribution < 1.29 is 0 Å². The zero-order valence-electron chi connectivity index (χ0n) is 12.8. The van der Waals surface area contributed by atoms with Crippen LogP contribution in [0.25, 0.3) is 0 Å². The number of hydrogen-bond donors (Lipinski definition) is 1. The van der Waals surface area contributed by atoms with Gasteiger partial charge in [0.05, 0.1) is 6.07 Å². The first-order valence-corrected chi connectivity index (χ1v) is 8.04. The highest BCUT2D eigenvalue weighted by atomic mass is 15.2. The maximum absolute atomic E-state index is 9.55. The first kappa shape index (κ1) is 14.8. The molecule has 0 aromatic carbocycles. The molecule has 1 heterocycles. The number of nitriles is 1. The lowest BCUT2D eigenvalue weighted by molar-refractivity contribution is 0.143. The molecule has 1 saturated heterocycles. The van der Waals surface area contributed by atoms with Crippen LogP contribution < -0.4 is 5.32 Å². The van der Waals surface area contributed by atoms with E-state index >= 15 is 0 Å². The summed E-state index contributed by atoms with van der Waals surface area (Å²) in [5.74, 6) is 0.739. The minimum atomic E-state index is -0.245. The van der Waals surface area contributed by atoms with Crippen molar-refractivity contribution in [1.82, 2.24) is 10.2 Å². The van der Waals surface area contributed by atoms with Crippen LogP contribution in [-0.2, 0) is 0 Å². The van der Waals surface area contributed by atoms with Crippen molar-refractivity contribution in [2.75, 3.05) is 13.1 Å². The van der Waals surface area contributed by atoms with E-state index in [4.69, 9.17) is 0 Å². The van der Waals surface area contributed by atoms with Gasteiger partial charge in [-0.1, -0.05) is 20.8 Å². The fourth-order valence-electron chi connectivity index (χ4n) is 3.95. The topological polar surface area (TPSA) is 39.1 Å². The summed E-state index contributed by atoms with van der Waals surface area (Å²) in [4.78, 5) is 2.71. The van der Waals surface area contributed by atoms with Crippen LogP contribution in [0.2, 0.25) is 0 Å². The second kappa shape index (κ2) is 6.24. The second-order valence-electron chi connectivity index (χ2n) is 6.71. The highest BCUT2D eigenvalue weighted by Crippen LogP contribution is 2.37. The molecule has 0 aromatic heterocycles. The SMILES string of the molecule is CCCNC1(C#N)CCC(N2CCCC2C(C)C)C1. The third kappa shape index (κ3) is 3.12. The van der Waals surface area contributed by atoms with Gasteiger partial charge >= 0.3 is 0 Å². The lowest BCUT2D eigenvalue weighted by Crippen LogP contribution is -2.46. The molecule has 19 heavy (non-hydrogen) atoms. The predicted octanol–water partition coefficient (Wildman–Crippen LogP) is 2.92. The smallest absolute Gasteiger partial charge is 0.108 e. The van der Waals surface area contributed by atoms with E-state index in [1.54, 1.807) is 0 Å². The monoisotopic (exact) mass is 263 g/mol. The summed E-state index contributed by atoms with van der Waals surface area (Å²) in [5, 5.41) is 13.1. The number of rotatable bonds is 5. The lowest BCUT2D eigenvalue weighted by atomic mass is 9.97. The third-order valence-corrected chi connectivity index (χ3v) is 5.00. The summed E-state index contributed by atoms with van der Waals surface area (Å²) in [5.41, 5.74) is -0.245. The summed E-state index contributed by atoms with van der Waals surface area (Å²) in [6, 6.07) is 3.94. The second-order valence-corrected chi connectivity index (χ2v) is 6.71.